The summed E-state index contributed by atoms with van der Waals surface area (Å²) in [7, 11) is 0. The van der Waals surface area contributed by atoms with Crippen molar-refractivity contribution >= 4 is 51.8 Å². The molecule has 0 saturated heterocycles. The molecule has 5 nitrogen and oxygen atoms in total. The number of carbonyl (C=O) groups excluding carboxylic acids is 2. The van der Waals surface area contributed by atoms with Crippen molar-refractivity contribution in [1.29, 1.82) is 0 Å². The number of halogens is 1. The van der Waals surface area contributed by atoms with E-state index in [-0.39, 0.29) is 17.6 Å². The molecular weight excluding hydrogens is 456 g/mol. The van der Waals surface area contributed by atoms with Crippen LogP contribution < -0.4 is 5.32 Å². The quantitative estimate of drug-likeness (QED) is 0.240. The summed E-state index contributed by atoms with van der Waals surface area (Å²) in [5.74, 6) is -0.231. The van der Waals surface area contributed by atoms with Crippen LogP contribution in [0.1, 0.15) is 22.8 Å². The van der Waals surface area contributed by atoms with E-state index in [4.69, 9.17) is 16.3 Å². The lowest BCUT2D eigenvalue weighted by Gasteiger charge is -2.07. The SMILES string of the molecule is CCOC(=O)c1ccc(NC(=O)CSc2cn(Cc3ccccc3Cl)c3ccccc23)cc1. The van der Waals surface area contributed by atoms with Gasteiger partial charge in [0.15, 0.2) is 0 Å². The molecule has 0 fully saturated rings. The average molecular weight is 479 g/mol. The van der Waals surface area contributed by atoms with Crippen LogP contribution in [0.25, 0.3) is 10.9 Å². The molecule has 4 rings (SSSR count). The zero-order valence-electron chi connectivity index (χ0n) is 18.1. The van der Waals surface area contributed by atoms with Gasteiger partial charge in [0.25, 0.3) is 0 Å². The monoisotopic (exact) mass is 478 g/mol. The van der Waals surface area contributed by atoms with Gasteiger partial charge in [-0.25, -0.2) is 4.79 Å². The Morgan fingerprint density at radius 2 is 1.73 bits per heavy atom. The summed E-state index contributed by atoms with van der Waals surface area (Å²) in [5, 5.41) is 4.71. The van der Waals surface area contributed by atoms with Gasteiger partial charge >= 0.3 is 5.97 Å². The Hall–Kier alpha value is -3.22. The first-order chi connectivity index (χ1) is 16.0. The van der Waals surface area contributed by atoms with Crippen LogP contribution in [0.15, 0.2) is 83.9 Å². The third-order valence-electron chi connectivity index (χ3n) is 5.09. The van der Waals surface area contributed by atoms with Crippen LogP contribution in [-0.2, 0) is 16.1 Å². The van der Waals surface area contributed by atoms with Crippen molar-refractivity contribution in [2.45, 2.75) is 18.4 Å². The molecule has 33 heavy (non-hydrogen) atoms. The lowest BCUT2D eigenvalue weighted by Crippen LogP contribution is -2.14. The Balaban J connectivity index is 1.43. The first-order valence-corrected chi connectivity index (χ1v) is 11.9. The molecule has 4 aromatic rings. The van der Waals surface area contributed by atoms with Crippen molar-refractivity contribution < 1.29 is 14.3 Å². The van der Waals surface area contributed by atoms with Crippen molar-refractivity contribution in [3.63, 3.8) is 0 Å². The Labute approximate surface area is 201 Å². The molecule has 0 atom stereocenters. The van der Waals surface area contributed by atoms with Gasteiger partial charge in [0.05, 0.1) is 17.9 Å². The fraction of sp³-hybridized carbons (Fsp3) is 0.154. The number of fused-ring (bicyclic) bond motifs is 1. The van der Waals surface area contributed by atoms with Crippen molar-refractivity contribution in [3.05, 3.63) is 95.1 Å². The van der Waals surface area contributed by atoms with Crippen molar-refractivity contribution in [2.24, 2.45) is 0 Å². The van der Waals surface area contributed by atoms with E-state index in [0.29, 0.717) is 24.4 Å². The summed E-state index contributed by atoms with van der Waals surface area (Å²) in [6, 6.07) is 22.6. The maximum atomic E-state index is 12.5. The summed E-state index contributed by atoms with van der Waals surface area (Å²) >= 11 is 7.84. The van der Waals surface area contributed by atoms with Gasteiger partial charge in [-0.2, -0.15) is 0 Å². The number of thioether (sulfide) groups is 1. The molecule has 7 heteroatoms. The first kappa shape index (κ1) is 23.0. The largest absolute Gasteiger partial charge is 0.462 e. The third kappa shape index (κ3) is 5.59. The van der Waals surface area contributed by atoms with Crippen LogP contribution in [0.4, 0.5) is 5.69 Å². The lowest BCUT2D eigenvalue weighted by atomic mass is 10.2. The number of hydrogen-bond acceptors (Lipinski definition) is 4. The summed E-state index contributed by atoms with van der Waals surface area (Å²) < 4.78 is 7.14. The first-order valence-electron chi connectivity index (χ1n) is 10.6. The van der Waals surface area contributed by atoms with Gasteiger partial charge in [0.1, 0.15) is 0 Å². The molecule has 0 aliphatic carbocycles. The second kappa shape index (κ2) is 10.6. The number of hydrogen-bond donors (Lipinski definition) is 1. The number of ether oxygens (including phenoxy) is 1. The van der Waals surface area contributed by atoms with E-state index in [2.05, 4.69) is 28.2 Å². The van der Waals surface area contributed by atoms with E-state index >= 15 is 0 Å². The lowest BCUT2D eigenvalue weighted by molar-refractivity contribution is -0.113. The molecule has 1 heterocycles. The molecule has 0 bridgehead atoms. The molecule has 0 radical (unpaired) electrons. The summed E-state index contributed by atoms with van der Waals surface area (Å²) in [4.78, 5) is 25.3. The second-order valence-corrected chi connectivity index (χ2v) is 8.79. The van der Waals surface area contributed by atoms with Crippen LogP contribution in [-0.4, -0.2) is 28.8 Å². The molecule has 1 amide bonds. The van der Waals surface area contributed by atoms with Crippen LogP contribution in [0, 0.1) is 0 Å². The number of benzene rings is 3. The smallest absolute Gasteiger partial charge is 0.338 e. The van der Waals surface area contributed by atoms with E-state index in [9.17, 15) is 9.59 Å². The minimum absolute atomic E-state index is 0.119. The van der Waals surface area contributed by atoms with Crippen LogP contribution in [0.2, 0.25) is 5.02 Å². The Morgan fingerprint density at radius 1 is 1.00 bits per heavy atom. The molecular formula is C26H23ClN2O3S. The molecule has 0 saturated carbocycles. The number of nitrogens with one attached hydrogen (secondary N) is 1. The zero-order chi connectivity index (χ0) is 23.2. The third-order valence-corrected chi connectivity index (χ3v) is 6.50. The highest BCUT2D eigenvalue weighted by Gasteiger charge is 2.13. The second-order valence-electron chi connectivity index (χ2n) is 7.36. The van der Waals surface area contributed by atoms with Crippen molar-refractivity contribution in [2.75, 3.05) is 17.7 Å². The number of aromatic nitrogens is 1. The van der Waals surface area contributed by atoms with Gasteiger partial charge in [0.2, 0.25) is 5.91 Å². The van der Waals surface area contributed by atoms with Crippen LogP contribution in [0.3, 0.4) is 0 Å². The zero-order valence-corrected chi connectivity index (χ0v) is 19.7. The summed E-state index contributed by atoms with van der Waals surface area (Å²) in [6.45, 7) is 2.74. The molecule has 3 aromatic carbocycles. The highest BCUT2D eigenvalue weighted by Crippen LogP contribution is 2.31. The van der Waals surface area contributed by atoms with Gasteiger partial charge in [-0.05, 0) is 48.9 Å². The molecule has 0 spiro atoms. The standard InChI is InChI=1S/C26H23ClN2O3S/c1-2-32-26(31)18-11-13-20(14-12-18)28-25(30)17-33-24-16-29(23-10-6-4-8-21(23)24)15-19-7-3-5-9-22(19)27/h3-14,16H,2,15,17H2,1H3,(H,28,30). The fourth-order valence-corrected chi connectivity index (χ4v) is 4.60. The Morgan fingerprint density at radius 3 is 2.48 bits per heavy atom. The highest BCUT2D eigenvalue weighted by molar-refractivity contribution is 8.00. The highest BCUT2D eigenvalue weighted by atomic mass is 35.5. The number of amides is 1. The predicted molar refractivity (Wildman–Crippen MR) is 134 cm³/mol. The van der Waals surface area contributed by atoms with Crippen LogP contribution >= 0.6 is 23.4 Å². The van der Waals surface area contributed by atoms with E-state index in [1.165, 1.54) is 11.8 Å². The normalized spacial score (nSPS) is 10.8. The molecule has 0 aliphatic rings. The van der Waals surface area contributed by atoms with E-state index in [1.54, 1.807) is 31.2 Å². The number of rotatable bonds is 8. The van der Waals surface area contributed by atoms with Gasteiger partial charge in [-0.1, -0.05) is 48.0 Å². The average Bonchev–Trinajstić information content (AvgIpc) is 3.17. The van der Waals surface area contributed by atoms with Gasteiger partial charge in [-0.3, -0.25) is 4.79 Å². The number of anilines is 1. The van der Waals surface area contributed by atoms with E-state index < -0.39 is 0 Å². The van der Waals surface area contributed by atoms with Gasteiger partial charge in [0, 0.05) is 39.3 Å². The maximum Gasteiger partial charge on any atom is 0.338 e. The number of carbonyl (C=O) groups is 2. The summed E-state index contributed by atoms with van der Waals surface area (Å²) in [6.07, 6.45) is 2.07. The summed E-state index contributed by atoms with van der Waals surface area (Å²) in [5.41, 5.74) is 3.22. The minimum Gasteiger partial charge on any atom is -0.462 e. The molecule has 1 aromatic heterocycles. The number of para-hydroxylation sites is 1. The number of nitrogens with zero attached hydrogens (tertiary/aromatic N) is 1. The molecule has 1 N–H and O–H groups in total. The fourth-order valence-electron chi connectivity index (χ4n) is 3.51. The van der Waals surface area contributed by atoms with E-state index in [0.717, 1.165) is 26.4 Å². The molecule has 168 valence electrons. The topological polar surface area (TPSA) is 60.3 Å². The van der Waals surface area contributed by atoms with Gasteiger partial charge in [-0.15, -0.1) is 11.8 Å². The van der Waals surface area contributed by atoms with Crippen molar-refractivity contribution in [3.8, 4) is 0 Å². The minimum atomic E-state index is -0.376. The number of esters is 1. The maximum absolute atomic E-state index is 12.5. The Bertz CT molecular complexity index is 1280. The molecule has 0 aliphatic heterocycles. The predicted octanol–water partition coefficient (Wildman–Crippen LogP) is 6.25. The van der Waals surface area contributed by atoms with Crippen molar-refractivity contribution in [1.82, 2.24) is 4.57 Å². The molecule has 0 unspecified atom stereocenters. The Kier molecular flexibility index (Phi) is 7.37. The van der Waals surface area contributed by atoms with Crippen LogP contribution in [0.5, 0.6) is 0 Å². The van der Waals surface area contributed by atoms with E-state index in [1.807, 2.05) is 36.4 Å². The van der Waals surface area contributed by atoms with Gasteiger partial charge < -0.3 is 14.6 Å².